The minimum Gasteiger partial charge on any atom is -0.491 e. The summed E-state index contributed by atoms with van der Waals surface area (Å²) < 4.78 is 18.4. The number of hydrogen-bond acceptors (Lipinski definition) is 2. The summed E-state index contributed by atoms with van der Waals surface area (Å²) >= 11 is 0. The summed E-state index contributed by atoms with van der Waals surface area (Å²) in [6.07, 6.45) is 2.48. The lowest BCUT2D eigenvalue weighted by Gasteiger charge is -2.17. The molecule has 88 valence electrons. The van der Waals surface area contributed by atoms with Crippen LogP contribution in [0.5, 0.6) is 5.75 Å². The van der Waals surface area contributed by atoms with Crippen molar-refractivity contribution in [3.05, 3.63) is 30.1 Å². The molecule has 2 rings (SSSR count). The minimum atomic E-state index is -0.222. The van der Waals surface area contributed by atoms with Crippen LogP contribution in [0.15, 0.2) is 24.3 Å². The summed E-state index contributed by atoms with van der Waals surface area (Å²) in [4.78, 5) is 0. The number of nitrogens with one attached hydrogen (secondary N) is 1. The van der Waals surface area contributed by atoms with Crippen LogP contribution in [0.3, 0.4) is 0 Å². The first-order valence-corrected chi connectivity index (χ1v) is 5.87. The van der Waals surface area contributed by atoms with Gasteiger partial charge in [-0.15, -0.1) is 0 Å². The van der Waals surface area contributed by atoms with Gasteiger partial charge in [0.05, 0.1) is 6.10 Å². The zero-order valence-corrected chi connectivity index (χ0v) is 9.58. The maximum Gasteiger partial charge on any atom is 0.123 e. The van der Waals surface area contributed by atoms with Crippen molar-refractivity contribution in [3.8, 4) is 5.75 Å². The zero-order valence-electron chi connectivity index (χ0n) is 9.58. The van der Waals surface area contributed by atoms with Crippen molar-refractivity contribution >= 4 is 0 Å². The molecule has 1 fully saturated rings. The molecule has 0 aromatic heterocycles. The van der Waals surface area contributed by atoms with E-state index in [2.05, 4.69) is 12.2 Å². The predicted octanol–water partition coefficient (Wildman–Crippen LogP) is 2.59. The van der Waals surface area contributed by atoms with Gasteiger partial charge in [0.15, 0.2) is 0 Å². The molecule has 0 amide bonds. The molecule has 1 heterocycles. The van der Waals surface area contributed by atoms with Gasteiger partial charge >= 0.3 is 0 Å². The molecule has 2 unspecified atom stereocenters. The Morgan fingerprint density at radius 3 is 2.81 bits per heavy atom. The van der Waals surface area contributed by atoms with Gasteiger partial charge in [-0.25, -0.2) is 4.39 Å². The smallest absolute Gasteiger partial charge is 0.123 e. The molecule has 1 aliphatic heterocycles. The van der Waals surface area contributed by atoms with Gasteiger partial charge in [0.1, 0.15) is 11.6 Å². The van der Waals surface area contributed by atoms with Crippen LogP contribution in [-0.2, 0) is 0 Å². The first-order chi connectivity index (χ1) is 7.74. The first-order valence-electron chi connectivity index (χ1n) is 5.87. The minimum absolute atomic E-state index is 0.190. The standard InChI is InChI=1S/C13H18FNO/c1-10(8-11-6-7-15-9-11)16-13-4-2-12(14)3-5-13/h2-5,10-11,15H,6-9H2,1H3. The second-order valence-electron chi connectivity index (χ2n) is 4.48. The van der Waals surface area contributed by atoms with E-state index in [9.17, 15) is 4.39 Å². The van der Waals surface area contributed by atoms with Crippen LogP contribution in [0.1, 0.15) is 19.8 Å². The molecule has 0 aliphatic carbocycles. The van der Waals surface area contributed by atoms with Crippen LogP contribution in [-0.4, -0.2) is 19.2 Å². The summed E-state index contributed by atoms with van der Waals surface area (Å²) in [5.74, 6) is 1.25. The van der Waals surface area contributed by atoms with E-state index in [4.69, 9.17) is 4.74 Å². The van der Waals surface area contributed by atoms with E-state index in [1.54, 1.807) is 12.1 Å². The Bertz CT molecular complexity index is 319. The lowest BCUT2D eigenvalue weighted by molar-refractivity contribution is 0.189. The number of benzene rings is 1. The quantitative estimate of drug-likeness (QED) is 0.847. The van der Waals surface area contributed by atoms with Crippen molar-refractivity contribution in [1.82, 2.24) is 5.32 Å². The van der Waals surface area contributed by atoms with E-state index in [1.165, 1.54) is 18.6 Å². The number of rotatable bonds is 4. The average molecular weight is 223 g/mol. The third-order valence-corrected chi connectivity index (χ3v) is 2.98. The molecular formula is C13H18FNO. The Morgan fingerprint density at radius 1 is 1.44 bits per heavy atom. The molecule has 0 radical (unpaired) electrons. The van der Waals surface area contributed by atoms with Crippen LogP contribution in [0.2, 0.25) is 0 Å². The molecule has 1 saturated heterocycles. The van der Waals surface area contributed by atoms with Crippen molar-refractivity contribution in [1.29, 1.82) is 0 Å². The van der Waals surface area contributed by atoms with E-state index >= 15 is 0 Å². The molecular weight excluding hydrogens is 205 g/mol. The number of hydrogen-bond donors (Lipinski definition) is 1. The zero-order chi connectivity index (χ0) is 11.4. The van der Waals surface area contributed by atoms with Gasteiger partial charge in [-0.3, -0.25) is 0 Å². The Hall–Kier alpha value is -1.09. The van der Waals surface area contributed by atoms with Gasteiger partial charge in [0, 0.05) is 0 Å². The van der Waals surface area contributed by atoms with Crippen LogP contribution >= 0.6 is 0 Å². The first kappa shape index (κ1) is 11.4. The Morgan fingerprint density at radius 2 is 2.19 bits per heavy atom. The summed E-state index contributed by atoms with van der Waals surface area (Å²) in [6, 6.07) is 6.22. The number of halogens is 1. The summed E-state index contributed by atoms with van der Waals surface area (Å²) in [6.45, 7) is 4.28. The van der Waals surface area contributed by atoms with Crippen LogP contribution in [0.4, 0.5) is 4.39 Å². The van der Waals surface area contributed by atoms with E-state index in [1.807, 2.05) is 0 Å². The largest absolute Gasteiger partial charge is 0.491 e. The molecule has 1 aliphatic rings. The molecule has 16 heavy (non-hydrogen) atoms. The summed E-state index contributed by atoms with van der Waals surface area (Å²) in [5.41, 5.74) is 0. The highest BCUT2D eigenvalue weighted by Gasteiger charge is 2.18. The SMILES string of the molecule is CC(CC1CCNC1)Oc1ccc(F)cc1. The maximum absolute atomic E-state index is 12.7. The molecule has 1 aromatic carbocycles. The van der Waals surface area contributed by atoms with Crippen molar-refractivity contribution in [2.45, 2.75) is 25.9 Å². The second kappa shape index (κ2) is 5.30. The summed E-state index contributed by atoms with van der Waals surface area (Å²) in [5, 5.41) is 3.34. The Labute approximate surface area is 95.8 Å². The highest BCUT2D eigenvalue weighted by atomic mass is 19.1. The molecule has 2 atom stereocenters. The van der Waals surface area contributed by atoms with Crippen molar-refractivity contribution in [3.63, 3.8) is 0 Å². The van der Waals surface area contributed by atoms with E-state index in [-0.39, 0.29) is 11.9 Å². The molecule has 1 aromatic rings. The lowest BCUT2D eigenvalue weighted by atomic mass is 10.0. The predicted molar refractivity (Wildman–Crippen MR) is 62.1 cm³/mol. The molecule has 2 nitrogen and oxygen atoms in total. The maximum atomic E-state index is 12.7. The van der Waals surface area contributed by atoms with E-state index in [0.29, 0.717) is 0 Å². The summed E-state index contributed by atoms with van der Waals surface area (Å²) in [7, 11) is 0. The van der Waals surface area contributed by atoms with Gasteiger partial charge in [-0.1, -0.05) is 0 Å². The molecule has 0 spiro atoms. The molecule has 3 heteroatoms. The fourth-order valence-corrected chi connectivity index (χ4v) is 2.18. The van der Waals surface area contributed by atoms with Gasteiger partial charge < -0.3 is 10.1 Å². The van der Waals surface area contributed by atoms with E-state index in [0.717, 1.165) is 31.2 Å². The Kier molecular flexibility index (Phi) is 3.78. The average Bonchev–Trinajstić information content (AvgIpc) is 2.74. The van der Waals surface area contributed by atoms with Gasteiger partial charge in [0.2, 0.25) is 0 Å². The van der Waals surface area contributed by atoms with Crippen LogP contribution in [0, 0.1) is 11.7 Å². The highest BCUT2D eigenvalue weighted by molar-refractivity contribution is 5.22. The van der Waals surface area contributed by atoms with Crippen molar-refractivity contribution < 1.29 is 9.13 Å². The lowest BCUT2D eigenvalue weighted by Crippen LogP contribution is -2.18. The third-order valence-electron chi connectivity index (χ3n) is 2.98. The normalized spacial score (nSPS) is 22.0. The van der Waals surface area contributed by atoms with Crippen LogP contribution in [0.25, 0.3) is 0 Å². The monoisotopic (exact) mass is 223 g/mol. The van der Waals surface area contributed by atoms with Gasteiger partial charge in [-0.05, 0) is 63.0 Å². The van der Waals surface area contributed by atoms with Gasteiger partial charge in [-0.2, -0.15) is 0 Å². The number of ether oxygens (including phenoxy) is 1. The third kappa shape index (κ3) is 3.20. The highest BCUT2D eigenvalue weighted by Crippen LogP contribution is 2.19. The van der Waals surface area contributed by atoms with Crippen molar-refractivity contribution in [2.24, 2.45) is 5.92 Å². The molecule has 0 bridgehead atoms. The Balaban J connectivity index is 1.81. The second-order valence-corrected chi connectivity index (χ2v) is 4.48. The fraction of sp³-hybridized carbons (Fsp3) is 0.538. The van der Waals surface area contributed by atoms with Gasteiger partial charge in [0.25, 0.3) is 0 Å². The van der Waals surface area contributed by atoms with Crippen LogP contribution < -0.4 is 10.1 Å². The molecule has 0 saturated carbocycles. The molecule has 1 N–H and O–H groups in total. The fourth-order valence-electron chi connectivity index (χ4n) is 2.18. The van der Waals surface area contributed by atoms with Crippen molar-refractivity contribution in [2.75, 3.05) is 13.1 Å². The van der Waals surface area contributed by atoms with E-state index < -0.39 is 0 Å². The topological polar surface area (TPSA) is 21.3 Å².